The predicted molar refractivity (Wildman–Crippen MR) is 57.3 cm³/mol. The Labute approximate surface area is 92.0 Å². The Hall–Kier alpha value is -1.90. The van der Waals surface area contributed by atoms with Crippen molar-refractivity contribution in [2.24, 2.45) is 0 Å². The molecule has 0 saturated heterocycles. The van der Waals surface area contributed by atoms with Crippen molar-refractivity contribution < 1.29 is 10.2 Å². The van der Waals surface area contributed by atoms with Gasteiger partial charge in [-0.1, -0.05) is 0 Å². The maximum atomic E-state index is 9.77. The number of rotatable bonds is 3. The van der Waals surface area contributed by atoms with Gasteiger partial charge in [0.25, 0.3) is 0 Å². The van der Waals surface area contributed by atoms with E-state index in [1.165, 1.54) is 6.20 Å². The minimum atomic E-state index is -1.08. The molecular weight excluding hydrogens is 206 g/mol. The number of aliphatic hydroxyl groups excluding tert-OH is 2. The van der Waals surface area contributed by atoms with Crippen molar-refractivity contribution in [3.05, 3.63) is 30.1 Å². The number of nitrogens with zero attached hydrogens (tertiary/aromatic N) is 2. The Morgan fingerprint density at radius 3 is 3.06 bits per heavy atom. The first-order valence-corrected chi connectivity index (χ1v) is 4.88. The van der Waals surface area contributed by atoms with Crippen LogP contribution in [0.2, 0.25) is 0 Å². The molecule has 0 radical (unpaired) electrons. The highest BCUT2D eigenvalue weighted by atomic mass is 16.3. The number of nitriles is 1. The van der Waals surface area contributed by atoms with Crippen molar-refractivity contribution in [3.63, 3.8) is 0 Å². The quantitative estimate of drug-likeness (QED) is 0.711. The first kappa shape index (κ1) is 10.6. The van der Waals surface area contributed by atoms with Gasteiger partial charge >= 0.3 is 0 Å². The number of hydrogen-bond acceptors (Lipinski definition) is 4. The highest BCUT2D eigenvalue weighted by Gasteiger charge is 2.18. The van der Waals surface area contributed by atoms with Gasteiger partial charge in [0, 0.05) is 23.3 Å². The third-order valence-electron chi connectivity index (χ3n) is 2.43. The summed E-state index contributed by atoms with van der Waals surface area (Å²) in [5, 5.41) is 28.5. The summed E-state index contributed by atoms with van der Waals surface area (Å²) in [7, 11) is 0. The van der Waals surface area contributed by atoms with Gasteiger partial charge in [-0.2, -0.15) is 5.26 Å². The summed E-state index contributed by atoms with van der Waals surface area (Å²) in [4.78, 5) is 7.03. The van der Waals surface area contributed by atoms with Gasteiger partial charge in [0.05, 0.1) is 18.6 Å². The van der Waals surface area contributed by atoms with Crippen LogP contribution in [0.3, 0.4) is 0 Å². The van der Waals surface area contributed by atoms with Gasteiger partial charge < -0.3 is 15.2 Å². The van der Waals surface area contributed by atoms with E-state index in [9.17, 15) is 10.2 Å². The molecule has 2 heterocycles. The molecule has 2 aromatic rings. The van der Waals surface area contributed by atoms with Crippen molar-refractivity contribution >= 4 is 11.0 Å². The fourth-order valence-electron chi connectivity index (χ4n) is 1.55. The van der Waals surface area contributed by atoms with Crippen molar-refractivity contribution in [2.75, 3.05) is 0 Å². The second-order valence-electron chi connectivity index (χ2n) is 3.56. The van der Waals surface area contributed by atoms with Crippen molar-refractivity contribution in [1.29, 1.82) is 5.26 Å². The molecule has 0 bridgehead atoms. The maximum absolute atomic E-state index is 9.77. The first-order chi connectivity index (χ1) is 7.72. The maximum Gasteiger partial charge on any atom is 0.137 e. The predicted octanol–water partition coefficient (Wildman–Crippen LogP) is 0.871. The van der Waals surface area contributed by atoms with E-state index in [2.05, 4.69) is 9.97 Å². The SMILES string of the molecule is N#CCC(O)C(O)c1cnc2[nH]ccc2c1. The molecule has 0 aliphatic heterocycles. The number of aliphatic hydroxyl groups is 2. The van der Waals surface area contributed by atoms with E-state index in [0.717, 1.165) is 11.0 Å². The zero-order valence-electron chi connectivity index (χ0n) is 8.46. The van der Waals surface area contributed by atoms with E-state index in [0.29, 0.717) is 5.56 Å². The summed E-state index contributed by atoms with van der Waals surface area (Å²) in [5.74, 6) is 0. The average Bonchev–Trinajstić information content (AvgIpc) is 2.75. The van der Waals surface area contributed by atoms with E-state index < -0.39 is 12.2 Å². The summed E-state index contributed by atoms with van der Waals surface area (Å²) in [6.45, 7) is 0. The minimum Gasteiger partial charge on any atom is -0.389 e. The van der Waals surface area contributed by atoms with Crippen LogP contribution in [-0.4, -0.2) is 26.3 Å². The highest BCUT2D eigenvalue weighted by Crippen LogP contribution is 2.21. The normalized spacial score (nSPS) is 14.6. The number of aromatic amines is 1. The Bertz CT molecular complexity index is 529. The third kappa shape index (κ3) is 1.89. The van der Waals surface area contributed by atoms with Gasteiger partial charge in [-0.25, -0.2) is 4.98 Å². The number of aromatic nitrogens is 2. The van der Waals surface area contributed by atoms with Gasteiger partial charge in [0.2, 0.25) is 0 Å². The van der Waals surface area contributed by atoms with Gasteiger partial charge in [-0.3, -0.25) is 0 Å². The molecule has 5 nitrogen and oxygen atoms in total. The summed E-state index contributed by atoms with van der Waals surface area (Å²) in [6, 6.07) is 5.38. The number of nitrogens with one attached hydrogen (secondary N) is 1. The molecule has 2 aromatic heterocycles. The van der Waals surface area contributed by atoms with Crippen LogP contribution in [0.4, 0.5) is 0 Å². The fraction of sp³-hybridized carbons (Fsp3) is 0.273. The average molecular weight is 217 g/mol. The molecule has 2 atom stereocenters. The molecule has 0 amide bonds. The van der Waals surface area contributed by atoms with Crippen molar-refractivity contribution in [3.8, 4) is 6.07 Å². The van der Waals surface area contributed by atoms with E-state index in [1.54, 1.807) is 12.3 Å². The summed E-state index contributed by atoms with van der Waals surface area (Å²) >= 11 is 0. The van der Waals surface area contributed by atoms with Gasteiger partial charge in [0.1, 0.15) is 11.8 Å². The zero-order chi connectivity index (χ0) is 11.5. The number of fused-ring (bicyclic) bond motifs is 1. The molecule has 0 spiro atoms. The molecule has 5 heteroatoms. The molecule has 16 heavy (non-hydrogen) atoms. The van der Waals surface area contributed by atoms with E-state index >= 15 is 0 Å². The minimum absolute atomic E-state index is 0.105. The number of pyridine rings is 1. The van der Waals surface area contributed by atoms with Crippen molar-refractivity contribution in [2.45, 2.75) is 18.6 Å². The summed E-state index contributed by atoms with van der Waals surface area (Å²) in [5.41, 5.74) is 1.24. The van der Waals surface area contributed by atoms with Crippen LogP contribution in [0.1, 0.15) is 18.1 Å². The molecule has 0 fully saturated rings. The summed E-state index contributed by atoms with van der Waals surface area (Å²) in [6.07, 6.45) is 0.977. The second kappa shape index (κ2) is 4.31. The molecule has 0 aliphatic rings. The van der Waals surface area contributed by atoms with Crippen LogP contribution in [0.15, 0.2) is 24.5 Å². The molecule has 3 N–H and O–H groups in total. The highest BCUT2D eigenvalue weighted by molar-refractivity contribution is 5.75. The van der Waals surface area contributed by atoms with Crippen LogP contribution in [-0.2, 0) is 0 Å². The first-order valence-electron chi connectivity index (χ1n) is 4.88. The van der Waals surface area contributed by atoms with Crippen LogP contribution in [0, 0.1) is 11.3 Å². The van der Waals surface area contributed by atoms with Crippen LogP contribution < -0.4 is 0 Å². The number of hydrogen-bond donors (Lipinski definition) is 3. The molecule has 0 saturated carbocycles. The largest absolute Gasteiger partial charge is 0.389 e. The van der Waals surface area contributed by atoms with Crippen LogP contribution >= 0.6 is 0 Å². The van der Waals surface area contributed by atoms with Gasteiger partial charge in [-0.15, -0.1) is 0 Å². The molecule has 0 aromatic carbocycles. The molecule has 0 aliphatic carbocycles. The smallest absolute Gasteiger partial charge is 0.137 e. The standard InChI is InChI=1S/C11H11N3O2/c12-3-1-9(15)10(16)8-5-7-2-4-13-11(7)14-6-8/h2,4-6,9-10,15-16H,1H2,(H,13,14). The van der Waals surface area contributed by atoms with E-state index in [-0.39, 0.29) is 6.42 Å². The molecular formula is C11H11N3O2. The lowest BCUT2D eigenvalue weighted by molar-refractivity contribution is 0.0215. The van der Waals surface area contributed by atoms with Gasteiger partial charge in [0.15, 0.2) is 0 Å². The van der Waals surface area contributed by atoms with E-state index in [1.807, 2.05) is 12.1 Å². The Morgan fingerprint density at radius 1 is 1.50 bits per heavy atom. The lowest BCUT2D eigenvalue weighted by Gasteiger charge is -2.14. The number of H-pyrrole nitrogens is 1. The lowest BCUT2D eigenvalue weighted by atomic mass is 10.0. The third-order valence-corrected chi connectivity index (χ3v) is 2.43. The fourth-order valence-corrected chi connectivity index (χ4v) is 1.55. The van der Waals surface area contributed by atoms with Crippen LogP contribution in [0.5, 0.6) is 0 Å². The van der Waals surface area contributed by atoms with Gasteiger partial charge in [-0.05, 0) is 12.1 Å². The summed E-state index contributed by atoms with van der Waals surface area (Å²) < 4.78 is 0. The molecule has 82 valence electrons. The lowest BCUT2D eigenvalue weighted by Crippen LogP contribution is -2.17. The Kier molecular flexibility index (Phi) is 2.86. The Balaban J connectivity index is 2.29. The van der Waals surface area contributed by atoms with E-state index in [4.69, 9.17) is 5.26 Å². The second-order valence-corrected chi connectivity index (χ2v) is 3.56. The molecule has 2 unspecified atom stereocenters. The monoisotopic (exact) mass is 217 g/mol. The molecule has 2 rings (SSSR count). The van der Waals surface area contributed by atoms with Crippen molar-refractivity contribution in [1.82, 2.24) is 9.97 Å². The Morgan fingerprint density at radius 2 is 2.31 bits per heavy atom. The zero-order valence-corrected chi connectivity index (χ0v) is 8.46. The van der Waals surface area contributed by atoms with Crippen LogP contribution in [0.25, 0.3) is 11.0 Å². The topological polar surface area (TPSA) is 92.9 Å².